The standard InChI is InChI=1S/C43H28N4S/c1-4-10-28(11-5-1)40-32-16-17-33(45-32)41(29-12-6-2-7-13-29)35-19-21-37(47-35)43(31-24-26-44-27-25-31)39-23-22-38(48-39)42(30-14-8-3-9-15-30)36-20-18-34(40)46-36/h1-27,45H. The van der Waals surface area contributed by atoms with Crippen molar-refractivity contribution in [3.63, 3.8) is 0 Å². The topological polar surface area (TPSA) is 54.5 Å². The molecule has 2 aliphatic rings. The van der Waals surface area contributed by atoms with E-state index in [9.17, 15) is 0 Å². The lowest BCUT2D eigenvalue weighted by molar-refractivity contribution is 1.31. The summed E-state index contributed by atoms with van der Waals surface area (Å²) in [5.41, 5.74) is 14.4. The molecule has 0 aliphatic carbocycles. The van der Waals surface area contributed by atoms with Gasteiger partial charge in [0.05, 0.1) is 22.8 Å². The number of H-pyrrole nitrogens is 1. The van der Waals surface area contributed by atoms with E-state index in [1.807, 2.05) is 18.5 Å². The zero-order chi connectivity index (χ0) is 31.9. The van der Waals surface area contributed by atoms with Crippen molar-refractivity contribution in [2.24, 2.45) is 0 Å². The van der Waals surface area contributed by atoms with Crippen LogP contribution in [0, 0.1) is 0 Å². The number of thiophene rings is 1. The van der Waals surface area contributed by atoms with Crippen molar-refractivity contribution < 1.29 is 0 Å². The number of hydrogen-bond donors (Lipinski definition) is 1. The maximum Gasteiger partial charge on any atom is 0.0737 e. The van der Waals surface area contributed by atoms with Crippen molar-refractivity contribution in [2.45, 2.75) is 0 Å². The van der Waals surface area contributed by atoms with Crippen molar-refractivity contribution in [3.05, 3.63) is 163 Å². The molecule has 9 rings (SSSR count). The molecule has 0 atom stereocenters. The Bertz CT molecular complexity index is 2180. The van der Waals surface area contributed by atoms with Crippen LogP contribution < -0.4 is 0 Å². The fourth-order valence-electron chi connectivity index (χ4n) is 6.62. The first kappa shape index (κ1) is 28.1. The van der Waals surface area contributed by atoms with Crippen LogP contribution in [0.4, 0.5) is 0 Å². The molecule has 4 nitrogen and oxygen atoms in total. The summed E-state index contributed by atoms with van der Waals surface area (Å²) in [5.74, 6) is 0. The van der Waals surface area contributed by atoms with E-state index in [2.05, 4.69) is 156 Å². The van der Waals surface area contributed by atoms with Crippen molar-refractivity contribution in [1.29, 1.82) is 0 Å². The van der Waals surface area contributed by atoms with Crippen LogP contribution in [0.25, 0.3) is 89.2 Å². The van der Waals surface area contributed by atoms with Gasteiger partial charge in [-0.1, -0.05) is 91.0 Å². The molecule has 3 aromatic carbocycles. The summed E-state index contributed by atoms with van der Waals surface area (Å²) in [6, 6.07) is 44.5. The third kappa shape index (κ3) is 4.98. The van der Waals surface area contributed by atoms with Crippen molar-refractivity contribution >= 4 is 56.1 Å². The van der Waals surface area contributed by atoms with Crippen LogP contribution in [0.1, 0.15) is 22.8 Å². The molecule has 8 bridgehead atoms. The van der Waals surface area contributed by atoms with E-state index in [0.717, 1.165) is 87.7 Å². The molecule has 2 aliphatic heterocycles. The van der Waals surface area contributed by atoms with E-state index in [0.29, 0.717) is 0 Å². The molecule has 0 saturated heterocycles. The van der Waals surface area contributed by atoms with Gasteiger partial charge in [0.15, 0.2) is 0 Å². The van der Waals surface area contributed by atoms with E-state index in [-0.39, 0.29) is 0 Å². The molecule has 0 amide bonds. The molecule has 1 N–H and O–H groups in total. The number of nitrogens with one attached hydrogen (secondary N) is 1. The van der Waals surface area contributed by atoms with Gasteiger partial charge in [0.1, 0.15) is 0 Å². The Hall–Kier alpha value is -6.17. The largest absolute Gasteiger partial charge is 0.354 e. The molecule has 48 heavy (non-hydrogen) atoms. The number of aromatic amines is 1. The number of fused-ring (bicyclic) bond motifs is 8. The molecule has 4 aromatic heterocycles. The third-order valence-electron chi connectivity index (χ3n) is 8.78. The molecule has 7 aromatic rings. The zero-order valence-corrected chi connectivity index (χ0v) is 26.7. The molecule has 0 saturated carbocycles. The first-order valence-corrected chi connectivity index (χ1v) is 16.8. The van der Waals surface area contributed by atoms with Crippen LogP contribution in [0.15, 0.2) is 140 Å². The summed E-state index contributed by atoms with van der Waals surface area (Å²) in [5, 5.41) is 0. The average molecular weight is 633 g/mol. The minimum absolute atomic E-state index is 0.909. The normalized spacial score (nSPS) is 12.0. The van der Waals surface area contributed by atoms with Gasteiger partial charge in [-0.05, 0) is 83.0 Å². The Balaban J connectivity index is 1.49. The molecule has 5 heteroatoms. The quantitative estimate of drug-likeness (QED) is 0.210. The highest BCUT2D eigenvalue weighted by molar-refractivity contribution is 7.24. The minimum Gasteiger partial charge on any atom is -0.354 e. The van der Waals surface area contributed by atoms with E-state index in [1.54, 1.807) is 11.3 Å². The van der Waals surface area contributed by atoms with Gasteiger partial charge in [0.25, 0.3) is 0 Å². The smallest absolute Gasteiger partial charge is 0.0737 e. The van der Waals surface area contributed by atoms with Crippen LogP contribution >= 0.6 is 11.3 Å². The van der Waals surface area contributed by atoms with Gasteiger partial charge in [0.2, 0.25) is 0 Å². The maximum absolute atomic E-state index is 5.37. The Labute approximate surface area is 282 Å². The molecule has 0 spiro atoms. The van der Waals surface area contributed by atoms with Crippen molar-refractivity contribution in [1.82, 2.24) is 19.9 Å². The van der Waals surface area contributed by atoms with Crippen LogP contribution in [-0.4, -0.2) is 19.9 Å². The number of benzene rings is 3. The minimum atomic E-state index is 0.909. The average Bonchev–Trinajstić information content (AvgIpc) is 3.98. The summed E-state index contributed by atoms with van der Waals surface area (Å²) in [7, 11) is 0. The van der Waals surface area contributed by atoms with Gasteiger partial charge in [-0.2, -0.15) is 0 Å². The fourth-order valence-corrected chi connectivity index (χ4v) is 7.78. The lowest BCUT2D eigenvalue weighted by atomic mass is 10.0. The van der Waals surface area contributed by atoms with E-state index >= 15 is 0 Å². The third-order valence-corrected chi connectivity index (χ3v) is 9.90. The van der Waals surface area contributed by atoms with Crippen molar-refractivity contribution in [2.75, 3.05) is 0 Å². The second-order valence-electron chi connectivity index (χ2n) is 11.7. The number of nitrogens with zero attached hydrogens (tertiary/aromatic N) is 3. The van der Waals surface area contributed by atoms with Gasteiger partial charge in [-0.25, -0.2) is 9.97 Å². The van der Waals surface area contributed by atoms with Crippen LogP contribution in [0.5, 0.6) is 0 Å². The summed E-state index contributed by atoms with van der Waals surface area (Å²) in [6.07, 6.45) is 12.3. The summed E-state index contributed by atoms with van der Waals surface area (Å²) >= 11 is 1.77. The molecule has 0 unspecified atom stereocenters. The second-order valence-corrected chi connectivity index (χ2v) is 12.8. The number of aromatic nitrogens is 4. The predicted molar refractivity (Wildman–Crippen MR) is 202 cm³/mol. The fraction of sp³-hybridized carbons (Fsp3) is 0. The molecule has 226 valence electrons. The van der Waals surface area contributed by atoms with Gasteiger partial charge in [-0.15, -0.1) is 11.3 Å². The molecular formula is C43H28N4S. The van der Waals surface area contributed by atoms with Gasteiger partial charge < -0.3 is 4.98 Å². The van der Waals surface area contributed by atoms with Crippen molar-refractivity contribution in [3.8, 4) is 44.5 Å². The van der Waals surface area contributed by atoms with E-state index in [4.69, 9.17) is 9.97 Å². The summed E-state index contributed by atoms with van der Waals surface area (Å²) < 4.78 is 2.28. The predicted octanol–water partition coefficient (Wildman–Crippen LogP) is 11.5. The van der Waals surface area contributed by atoms with Crippen LogP contribution in [-0.2, 0) is 0 Å². The van der Waals surface area contributed by atoms with E-state index in [1.165, 1.54) is 0 Å². The van der Waals surface area contributed by atoms with Gasteiger partial charge in [0, 0.05) is 55.1 Å². The van der Waals surface area contributed by atoms with Crippen LogP contribution in [0.3, 0.4) is 0 Å². The van der Waals surface area contributed by atoms with Crippen LogP contribution in [0.2, 0.25) is 0 Å². The zero-order valence-electron chi connectivity index (χ0n) is 25.8. The Morgan fingerprint density at radius 1 is 0.375 bits per heavy atom. The number of pyridine rings is 1. The molecule has 6 heterocycles. The maximum atomic E-state index is 5.37. The first-order valence-electron chi connectivity index (χ1n) is 15.9. The highest BCUT2D eigenvalue weighted by atomic mass is 32.1. The SMILES string of the molecule is C1=Cc2nc1c(-c1ccccc1)c1ccc([nH]1)c(-c1ccccc1)c1nc(c(-c3ccncc3)c3ccc(s3)c2-c2ccccc2)C=C1. The van der Waals surface area contributed by atoms with Gasteiger partial charge >= 0.3 is 0 Å². The number of hydrogen-bond acceptors (Lipinski definition) is 4. The van der Waals surface area contributed by atoms with E-state index < -0.39 is 0 Å². The molecule has 0 fully saturated rings. The second kappa shape index (κ2) is 11.9. The Kier molecular flexibility index (Phi) is 6.95. The monoisotopic (exact) mass is 632 g/mol. The Morgan fingerprint density at radius 2 is 0.750 bits per heavy atom. The summed E-state index contributed by atoms with van der Waals surface area (Å²) in [4.78, 5) is 18.8. The molecular weight excluding hydrogens is 605 g/mol. The molecule has 0 radical (unpaired) electrons. The first-order chi connectivity index (χ1) is 23.8. The highest BCUT2D eigenvalue weighted by Crippen LogP contribution is 2.41. The number of rotatable bonds is 4. The summed E-state index contributed by atoms with van der Waals surface area (Å²) in [6.45, 7) is 0. The lowest BCUT2D eigenvalue weighted by Crippen LogP contribution is -1.88. The highest BCUT2D eigenvalue weighted by Gasteiger charge is 2.18. The Morgan fingerprint density at radius 3 is 1.19 bits per heavy atom. The lowest BCUT2D eigenvalue weighted by Gasteiger charge is -2.06. The van der Waals surface area contributed by atoms with Gasteiger partial charge in [-0.3, -0.25) is 4.98 Å².